The van der Waals surface area contributed by atoms with Gasteiger partial charge in [0.2, 0.25) is 0 Å². The minimum Gasteiger partial charge on any atom is -0.444 e. The van der Waals surface area contributed by atoms with Gasteiger partial charge >= 0.3 is 12.3 Å². The number of halogens is 3. The molecule has 0 fully saturated rings. The number of hydrogen-bond donors (Lipinski definition) is 2. The number of rotatable bonds is 5. The van der Waals surface area contributed by atoms with E-state index in [9.17, 15) is 22.8 Å². The normalized spacial score (nSPS) is 16.5. The number of benzene rings is 1. The van der Waals surface area contributed by atoms with Gasteiger partial charge in [-0.2, -0.15) is 13.2 Å². The molecule has 0 aromatic heterocycles. The number of anilines is 1. The van der Waals surface area contributed by atoms with E-state index in [0.29, 0.717) is 17.8 Å². The molecular weight excluding hydrogens is 375 g/mol. The first-order chi connectivity index (χ1) is 12.9. The second-order valence-electron chi connectivity index (χ2n) is 7.71. The number of carbonyl (C=O) groups excluding carboxylic acids is 2. The molecular formula is C19H26F3N3O3. The van der Waals surface area contributed by atoms with Gasteiger partial charge < -0.3 is 20.3 Å². The van der Waals surface area contributed by atoms with Crippen LogP contribution in [0.5, 0.6) is 0 Å². The van der Waals surface area contributed by atoms with Gasteiger partial charge in [-0.1, -0.05) is 6.07 Å². The molecule has 0 saturated carbocycles. The molecule has 1 aliphatic heterocycles. The summed E-state index contributed by atoms with van der Waals surface area (Å²) in [4.78, 5) is 25.7. The monoisotopic (exact) mass is 401 g/mol. The highest BCUT2D eigenvalue weighted by atomic mass is 19.4. The molecule has 28 heavy (non-hydrogen) atoms. The summed E-state index contributed by atoms with van der Waals surface area (Å²) in [5.41, 5.74) is 0.597. The largest absolute Gasteiger partial charge is 0.444 e. The van der Waals surface area contributed by atoms with Gasteiger partial charge in [-0.3, -0.25) is 4.79 Å². The summed E-state index contributed by atoms with van der Waals surface area (Å²) in [5, 5.41) is 5.08. The summed E-state index contributed by atoms with van der Waals surface area (Å²) in [6.45, 7) is 5.86. The standard InChI is InChI=1S/C19H26F3N3O3/c1-18(2,3)28-17(27)24-8-9-25-11-12(10-19(20,21)22)15-13(16(26)23-4)6-5-7-14(15)25/h5-7,12H,8-11H2,1-4H3,(H,23,26)(H,24,27). The summed E-state index contributed by atoms with van der Waals surface area (Å²) in [7, 11) is 1.44. The topological polar surface area (TPSA) is 70.7 Å². The lowest BCUT2D eigenvalue weighted by atomic mass is 9.92. The van der Waals surface area contributed by atoms with Gasteiger partial charge in [0.25, 0.3) is 5.91 Å². The highest BCUT2D eigenvalue weighted by Crippen LogP contribution is 2.43. The minimum atomic E-state index is -4.34. The van der Waals surface area contributed by atoms with E-state index in [4.69, 9.17) is 4.74 Å². The predicted molar refractivity (Wildman–Crippen MR) is 99.7 cm³/mol. The summed E-state index contributed by atoms with van der Waals surface area (Å²) >= 11 is 0. The highest BCUT2D eigenvalue weighted by Gasteiger charge is 2.40. The van der Waals surface area contributed by atoms with E-state index >= 15 is 0 Å². The number of hydrogen-bond acceptors (Lipinski definition) is 4. The zero-order valence-corrected chi connectivity index (χ0v) is 16.4. The van der Waals surface area contributed by atoms with Gasteiger partial charge in [-0.15, -0.1) is 0 Å². The van der Waals surface area contributed by atoms with Crippen LogP contribution in [0, 0.1) is 0 Å². The van der Waals surface area contributed by atoms with Crippen molar-refractivity contribution in [1.82, 2.24) is 10.6 Å². The Balaban J connectivity index is 2.16. The van der Waals surface area contributed by atoms with Crippen LogP contribution in [0.3, 0.4) is 0 Å². The predicted octanol–water partition coefficient (Wildman–Crippen LogP) is 3.43. The zero-order chi connectivity index (χ0) is 21.1. The van der Waals surface area contributed by atoms with Crippen LogP contribution in [-0.2, 0) is 4.74 Å². The first-order valence-electron chi connectivity index (χ1n) is 9.05. The van der Waals surface area contributed by atoms with Gasteiger partial charge in [-0.05, 0) is 38.5 Å². The molecule has 0 bridgehead atoms. The number of amides is 2. The quantitative estimate of drug-likeness (QED) is 0.793. The van der Waals surface area contributed by atoms with Gasteiger partial charge in [0.05, 0.1) is 6.42 Å². The van der Waals surface area contributed by atoms with Crippen LogP contribution in [0.15, 0.2) is 18.2 Å². The molecule has 1 heterocycles. The van der Waals surface area contributed by atoms with Crippen LogP contribution in [0.25, 0.3) is 0 Å². The Morgan fingerprint density at radius 1 is 1.25 bits per heavy atom. The van der Waals surface area contributed by atoms with E-state index in [1.165, 1.54) is 13.1 Å². The van der Waals surface area contributed by atoms with Crippen LogP contribution in [-0.4, -0.2) is 50.5 Å². The van der Waals surface area contributed by atoms with E-state index < -0.39 is 36.1 Å². The molecule has 1 aliphatic rings. The molecule has 156 valence electrons. The summed E-state index contributed by atoms with van der Waals surface area (Å²) < 4.78 is 44.4. The highest BCUT2D eigenvalue weighted by molar-refractivity contribution is 5.97. The second kappa shape index (κ2) is 8.28. The number of nitrogens with zero attached hydrogens (tertiary/aromatic N) is 1. The average molecular weight is 401 g/mol. The Bertz CT molecular complexity index is 729. The van der Waals surface area contributed by atoms with Gasteiger partial charge in [-0.25, -0.2) is 4.79 Å². The Labute approximate surface area is 162 Å². The van der Waals surface area contributed by atoms with Gasteiger partial charge in [0.15, 0.2) is 0 Å². The Morgan fingerprint density at radius 3 is 2.50 bits per heavy atom. The fraction of sp³-hybridized carbons (Fsp3) is 0.579. The molecule has 2 rings (SSSR count). The van der Waals surface area contributed by atoms with E-state index in [0.717, 1.165) is 0 Å². The molecule has 9 heteroatoms. The fourth-order valence-electron chi connectivity index (χ4n) is 3.31. The molecule has 1 aromatic rings. The third-order valence-electron chi connectivity index (χ3n) is 4.27. The Morgan fingerprint density at radius 2 is 1.93 bits per heavy atom. The average Bonchev–Trinajstić information content (AvgIpc) is 2.88. The molecule has 0 spiro atoms. The number of carbonyl (C=O) groups is 2. The first-order valence-corrected chi connectivity index (χ1v) is 9.05. The zero-order valence-electron chi connectivity index (χ0n) is 16.4. The number of alkyl halides is 3. The smallest absolute Gasteiger partial charge is 0.407 e. The maximum absolute atomic E-state index is 13.1. The second-order valence-corrected chi connectivity index (χ2v) is 7.71. The molecule has 0 saturated heterocycles. The number of fused-ring (bicyclic) bond motifs is 1. The molecule has 6 nitrogen and oxygen atoms in total. The van der Waals surface area contributed by atoms with Crippen LogP contribution < -0.4 is 15.5 Å². The number of alkyl carbamates (subject to hydrolysis) is 1. The van der Waals surface area contributed by atoms with Gasteiger partial charge in [0.1, 0.15) is 5.60 Å². The number of nitrogens with one attached hydrogen (secondary N) is 2. The molecule has 1 unspecified atom stereocenters. The maximum atomic E-state index is 13.1. The van der Waals surface area contributed by atoms with Crippen LogP contribution in [0.1, 0.15) is 49.0 Å². The first kappa shape index (κ1) is 21.8. The van der Waals surface area contributed by atoms with Crippen molar-refractivity contribution >= 4 is 17.7 Å². The van der Waals surface area contributed by atoms with Crippen molar-refractivity contribution in [3.8, 4) is 0 Å². The lowest BCUT2D eigenvalue weighted by Gasteiger charge is -2.22. The molecule has 0 aliphatic carbocycles. The SMILES string of the molecule is CNC(=O)c1cccc2c1C(CC(F)(F)F)CN2CCNC(=O)OC(C)(C)C. The lowest BCUT2D eigenvalue weighted by Crippen LogP contribution is -2.37. The molecule has 1 atom stereocenters. The van der Waals surface area contributed by atoms with Crippen molar-refractivity contribution in [2.24, 2.45) is 0 Å². The summed E-state index contributed by atoms with van der Waals surface area (Å²) in [6.07, 6.45) is -5.94. The third-order valence-corrected chi connectivity index (χ3v) is 4.27. The van der Waals surface area contributed by atoms with E-state index in [1.807, 2.05) is 0 Å². The Hall–Kier alpha value is -2.45. The van der Waals surface area contributed by atoms with Crippen molar-refractivity contribution < 1.29 is 27.5 Å². The van der Waals surface area contributed by atoms with Crippen LogP contribution in [0.2, 0.25) is 0 Å². The van der Waals surface area contributed by atoms with E-state index in [2.05, 4.69) is 10.6 Å². The van der Waals surface area contributed by atoms with Crippen molar-refractivity contribution in [3.63, 3.8) is 0 Å². The summed E-state index contributed by atoms with van der Waals surface area (Å²) in [5.74, 6) is -1.26. The molecule has 1 aromatic carbocycles. The van der Waals surface area contributed by atoms with Crippen molar-refractivity contribution in [2.75, 3.05) is 31.6 Å². The fourth-order valence-corrected chi connectivity index (χ4v) is 3.31. The minimum absolute atomic E-state index is 0.124. The lowest BCUT2D eigenvalue weighted by molar-refractivity contribution is -0.138. The molecule has 2 amide bonds. The number of ether oxygens (including phenoxy) is 1. The maximum Gasteiger partial charge on any atom is 0.407 e. The Kier molecular flexibility index (Phi) is 6.46. The molecule has 2 N–H and O–H groups in total. The van der Waals surface area contributed by atoms with Crippen LogP contribution in [0.4, 0.5) is 23.7 Å². The van der Waals surface area contributed by atoms with E-state index in [-0.39, 0.29) is 18.7 Å². The van der Waals surface area contributed by atoms with Gasteiger partial charge in [0, 0.05) is 43.9 Å². The van der Waals surface area contributed by atoms with Crippen LogP contribution >= 0.6 is 0 Å². The van der Waals surface area contributed by atoms with Crippen molar-refractivity contribution in [3.05, 3.63) is 29.3 Å². The third kappa shape index (κ3) is 5.77. The van der Waals surface area contributed by atoms with E-state index in [1.54, 1.807) is 37.8 Å². The van der Waals surface area contributed by atoms with Crippen molar-refractivity contribution in [2.45, 2.75) is 44.9 Å². The summed E-state index contributed by atoms with van der Waals surface area (Å²) in [6, 6.07) is 4.88. The molecule has 0 radical (unpaired) electrons. The van der Waals surface area contributed by atoms with Crippen molar-refractivity contribution in [1.29, 1.82) is 0 Å².